The molecule has 0 heterocycles. The summed E-state index contributed by atoms with van der Waals surface area (Å²) in [5.74, 6) is -0.0339. The lowest BCUT2D eigenvalue weighted by Gasteiger charge is -2.04. The van der Waals surface area contributed by atoms with Crippen LogP contribution in [-0.2, 0) is 0 Å². The molecule has 0 bridgehead atoms. The molecule has 0 aliphatic heterocycles. The molecule has 1 aromatic rings. The van der Waals surface area contributed by atoms with Crippen molar-refractivity contribution in [3.63, 3.8) is 0 Å². The molecule has 0 aliphatic carbocycles. The monoisotopic (exact) mass is 349 g/mol. The number of nitrogens with zero attached hydrogens (tertiary/aromatic N) is 1. The maximum absolute atomic E-state index is 11.2. The molecule has 0 aromatic heterocycles. The van der Waals surface area contributed by atoms with Gasteiger partial charge in [0.1, 0.15) is 6.07 Å². The van der Waals surface area contributed by atoms with Gasteiger partial charge in [0.15, 0.2) is 5.78 Å². The van der Waals surface area contributed by atoms with E-state index >= 15 is 0 Å². The highest BCUT2D eigenvalue weighted by Crippen LogP contribution is 2.25. The summed E-state index contributed by atoms with van der Waals surface area (Å²) < 4.78 is 1.45. The predicted molar refractivity (Wildman–Crippen MR) is 61.6 cm³/mol. The number of Topliss-reactive ketones (excluding diaryl/α,β-unsaturated/α-hetero) is 1. The van der Waals surface area contributed by atoms with Crippen LogP contribution in [0.1, 0.15) is 22.8 Å². The van der Waals surface area contributed by atoms with Crippen molar-refractivity contribution in [1.82, 2.24) is 0 Å². The van der Waals surface area contributed by atoms with E-state index in [4.69, 9.17) is 5.26 Å². The smallest absolute Gasteiger partial charge is 0.162 e. The Balaban J connectivity index is 3.50. The molecule has 2 nitrogen and oxygen atoms in total. The maximum atomic E-state index is 11.2. The summed E-state index contributed by atoms with van der Waals surface area (Å²) >= 11 is 5.28. The van der Waals surface area contributed by atoms with E-state index in [1.54, 1.807) is 12.1 Å². The lowest BCUT2D eigenvalue weighted by molar-refractivity contribution is 0.101. The average Bonchev–Trinajstić information content (AvgIpc) is 2.04. The van der Waals surface area contributed by atoms with Crippen molar-refractivity contribution >= 4 is 44.3 Å². The largest absolute Gasteiger partial charge is 0.294 e. The summed E-state index contributed by atoms with van der Waals surface area (Å²) in [5, 5.41) is 8.73. The van der Waals surface area contributed by atoms with E-state index in [-0.39, 0.29) is 5.78 Å². The van der Waals surface area contributed by atoms with Crippen molar-refractivity contribution < 1.29 is 4.79 Å². The standard InChI is InChI=1S/C9H5BrINO/c1-5(13)8-7(10)3-2-6(4-12)9(8)11/h2-3H,1H3. The van der Waals surface area contributed by atoms with Crippen LogP contribution in [0.15, 0.2) is 16.6 Å². The molecule has 13 heavy (non-hydrogen) atoms. The molecule has 0 fully saturated rings. The minimum atomic E-state index is -0.0339. The lowest BCUT2D eigenvalue weighted by Crippen LogP contribution is -1.99. The topological polar surface area (TPSA) is 40.9 Å². The van der Waals surface area contributed by atoms with Crippen LogP contribution < -0.4 is 0 Å². The van der Waals surface area contributed by atoms with Gasteiger partial charge < -0.3 is 0 Å². The van der Waals surface area contributed by atoms with Gasteiger partial charge in [-0.1, -0.05) is 15.9 Å². The van der Waals surface area contributed by atoms with E-state index < -0.39 is 0 Å². The Morgan fingerprint density at radius 3 is 2.69 bits per heavy atom. The third-order valence-corrected chi connectivity index (χ3v) is 3.34. The number of nitriles is 1. The molecule has 0 saturated carbocycles. The normalized spacial score (nSPS) is 9.38. The van der Waals surface area contributed by atoms with Gasteiger partial charge in [0.2, 0.25) is 0 Å². The van der Waals surface area contributed by atoms with Gasteiger partial charge in [-0.15, -0.1) is 0 Å². The van der Waals surface area contributed by atoms with Crippen molar-refractivity contribution in [1.29, 1.82) is 5.26 Å². The van der Waals surface area contributed by atoms with Crippen molar-refractivity contribution in [3.8, 4) is 6.07 Å². The first-order chi connectivity index (χ1) is 6.07. The Bertz CT molecular complexity index is 409. The zero-order valence-electron chi connectivity index (χ0n) is 6.77. The van der Waals surface area contributed by atoms with Crippen LogP contribution in [0, 0.1) is 14.9 Å². The maximum Gasteiger partial charge on any atom is 0.162 e. The van der Waals surface area contributed by atoms with E-state index in [1.165, 1.54) is 6.92 Å². The van der Waals surface area contributed by atoms with Crippen LogP contribution in [0.5, 0.6) is 0 Å². The zero-order valence-corrected chi connectivity index (χ0v) is 10.5. The van der Waals surface area contributed by atoms with Crippen LogP contribution in [0.3, 0.4) is 0 Å². The van der Waals surface area contributed by atoms with E-state index in [2.05, 4.69) is 15.9 Å². The fourth-order valence-corrected chi connectivity index (χ4v) is 2.91. The Labute approximate surface area is 98.2 Å². The van der Waals surface area contributed by atoms with E-state index in [0.717, 1.165) is 4.47 Å². The van der Waals surface area contributed by atoms with Crippen LogP contribution in [-0.4, -0.2) is 5.78 Å². The molecule has 0 radical (unpaired) electrons. The third-order valence-electron chi connectivity index (χ3n) is 1.56. The minimum absolute atomic E-state index is 0.0339. The molecule has 0 spiro atoms. The number of hydrogen-bond acceptors (Lipinski definition) is 2. The van der Waals surface area contributed by atoms with Gasteiger partial charge in [0.05, 0.1) is 5.56 Å². The van der Waals surface area contributed by atoms with Crippen molar-refractivity contribution in [2.24, 2.45) is 0 Å². The van der Waals surface area contributed by atoms with Crippen LogP contribution in [0.4, 0.5) is 0 Å². The number of ketones is 1. The van der Waals surface area contributed by atoms with E-state index in [0.29, 0.717) is 14.7 Å². The Kier molecular flexibility index (Phi) is 3.45. The predicted octanol–water partition coefficient (Wildman–Crippen LogP) is 3.13. The highest BCUT2D eigenvalue weighted by Gasteiger charge is 2.12. The number of halogens is 2. The fraction of sp³-hybridized carbons (Fsp3) is 0.111. The highest BCUT2D eigenvalue weighted by molar-refractivity contribution is 14.1. The van der Waals surface area contributed by atoms with Gasteiger partial charge in [-0.2, -0.15) is 5.26 Å². The molecule has 0 unspecified atom stereocenters. The molecule has 4 heteroatoms. The molecule has 0 N–H and O–H groups in total. The Morgan fingerprint density at radius 2 is 2.23 bits per heavy atom. The second kappa shape index (κ2) is 4.20. The van der Waals surface area contributed by atoms with Gasteiger partial charge >= 0.3 is 0 Å². The first-order valence-electron chi connectivity index (χ1n) is 3.47. The quantitative estimate of drug-likeness (QED) is 0.577. The van der Waals surface area contributed by atoms with Gasteiger partial charge in [0, 0.05) is 13.6 Å². The number of benzene rings is 1. The van der Waals surface area contributed by atoms with Gasteiger partial charge in [-0.3, -0.25) is 4.79 Å². The number of rotatable bonds is 1. The minimum Gasteiger partial charge on any atom is -0.294 e. The second-order valence-corrected chi connectivity index (χ2v) is 4.39. The van der Waals surface area contributed by atoms with Crippen molar-refractivity contribution in [2.75, 3.05) is 0 Å². The summed E-state index contributed by atoms with van der Waals surface area (Å²) in [5.41, 5.74) is 1.12. The van der Waals surface area contributed by atoms with Crippen LogP contribution >= 0.6 is 38.5 Å². The average molecular weight is 350 g/mol. The highest BCUT2D eigenvalue weighted by atomic mass is 127. The number of carbonyl (C=O) groups excluding carboxylic acids is 1. The lowest BCUT2D eigenvalue weighted by atomic mass is 10.1. The van der Waals surface area contributed by atoms with Gasteiger partial charge in [-0.25, -0.2) is 0 Å². The molecule has 66 valence electrons. The van der Waals surface area contributed by atoms with E-state index in [9.17, 15) is 4.79 Å². The molecule has 0 saturated heterocycles. The number of carbonyl (C=O) groups is 1. The molecular formula is C9H5BrINO. The van der Waals surface area contributed by atoms with Crippen LogP contribution in [0.2, 0.25) is 0 Å². The fourth-order valence-electron chi connectivity index (χ4n) is 0.962. The Hall–Kier alpha value is -0.410. The summed E-state index contributed by atoms with van der Waals surface area (Å²) in [7, 11) is 0. The van der Waals surface area contributed by atoms with Crippen molar-refractivity contribution in [3.05, 3.63) is 31.3 Å². The molecule has 0 atom stereocenters. The first-order valence-corrected chi connectivity index (χ1v) is 5.34. The second-order valence-electron chi connectivity index (χ2n) is 2.45. The third kappa shape index (κ3) is 2.09. The van der Waals surface area contributed by atoms with Gasteiger partial charge in [0.25, 0.3) is 0 Å². The first kappa shape index (κ1) is 10.7. The molecule has 1 aromatic carbocycles. The molecule has 0 aliphatic rings. The summed E-state index contributed by atoms with van der Waals surface area (Å²) in [4.78, 5) is 11.2. The molecular weight excluding hydrogens is 345 g/mol. The van der Waals surface area contributed by atoms with Crippen molar-refractivity contribution in [2.45, 2.75) is 6.92 Å². The van der Waals surface area contributed by atoms with Gasteiger partial charge in [-0.05, 0) is 41.6 Å². The summed E-state index contributed by atoms with van der Waals surface area (Å²) in [6, 6.07) is 5.45. The summed E-state index contributed by atoms with van der Waals surface area (Å²) in [6.45, 7) is 1.49. The van der Waals surface area contributed by atoms with Crippen LogP contribution in [0.25, 0.3) is 0 Å². The summed E-state index contributed by atoms with van der Waals surface area (Å²) in [6.07, 6.45) is 0. The van der Waals surface area contributed by atoms with E-state index in [1.807, 2.05) is 28.7 Å². The number of hydrogen-bond donors (Lipinski definition) is 0. The zero-order chi connectivity index (χ0) is 10.0. The Morgan fingerprint density at radius 1 is 1.62 bits per heavy atom. The SMILES string of the molecule is CC(=O)c1c(Br)ccc(C#N)c1I. The molecule has 1 rings (SSSR count). The molecule has 0 amide bonds.